The van der Waals surface area contributed by atoms with Crippen LogP contribution in [-0.2, 0) is 11.8 Å². The maximum atomic E-state index is 5.47. The number of nitrogens with one attached hydrogen (secondary N) is 1. The first-order chi connectivity index (χ1) is 10.2. The lowest BCUT2D eigenvalue weighted by Gasteiger charge is -2.26. The number of rotatable bonds is 4. The van der Waals surface area contributed by atoms with E-state index in [4.69, 9.17) is 9.47 Å². The zero-order valence-corrected chi connectivity index (χ0v) is 11.9. The van der Waals surface area contributed by atoms with E-state index in [9.17, 15) is 0 Å². The lowest BCUT2D eigenvalue weighted by atomic mass is 10.4. The first-order valence-corrected chi connectivity index (χ1v) is 6.54. The van der Waals surface area contributed by atoms with Crippen LogP contribution >= 0.6 is 0 Å². The Morgan fingerprint density at radius 3 is 2.67 bits per heavy atom. The van der Waals surface area contributed by atoms with Gasteiger partial charge in [-0.05, 0) is 0 Å². The standard InChI is InChI=1S/C11H16N8O2/c1-12-8-14-9(19-3-5-20-6-4-19)16-11(15-8)21-10-13-7-18(2)17-10/h7H,3-6H2,1-2H3,(H,12,14,15,16). The Bertz CT molecular complexity index is 610. The molecule has 0 spiro atoms. The molecule has 1 N–H and O–H groups in total. The molecule has 0 aliphatic carbocycles. The van der Waals surface area contributed by atoms with Crippen molar-refractivity contribution in [2.24, 2.45) is 7.05 Å². The highest BCUT2D eigenvalue weighted by Gasteiger charge is 2.17. The van der Waals surface area contributed by atoms with E-state index in [1.54, 1.807) is 25.1 Å². The first kappa shape index (κ1) is 13.5. The van der Waals surface area contributed by atoms with E-state index in [0.29, 0.717) is 25.1 Å². The van der Waals surface area contributed by atoms with Crippen LogP contribution in [0, 0.1) is 0 Å². The number of anilines is 2. The molecule has 0 unspecified atom stereocenters. The van der Waals surface area contributed by atoms with Crippen LogP contribution in [0.25, 0.3) is 0 Å². The second-order valence-corrected chi connectivity index (χ2v) is 4.39. The van der Waals surface area contributed by atoms with Crippen molar-refractivity contribution in [3.05, 3.63) is 6.33 Å². The summed E-state index contributed by atoms with van der Waals surface area (Å²) in [7, 11) is 3.49. The number of morpholine rings is 1. The summed E-state index contributed by atoms with van der Waals surface area (Å²) in [5.74, 6) is 0.973. The van der Waals surface area contributed by atoms with Gasteiger partial charge in [0.25, 0.3) is 0 Å². The van der Waals surface area contributed by atoms with Crippen molar-refractivity contribution in [1.29, 1.82) is 0 Å². The topological polar surface area (TPSA) is 103 Å². The third-order valence-corrected chi connectivity index (χ3v) is 2.88. The molecule has 1 fully saturated rings. The molecule has 1 aliphatic heterocycles. The van der Waals surface area contributed by atoms with Gasteiger partial charge in [0.05, 0.1) is 13.2 Å². The van der Waals surface area contributed by atoms with Crippen molar-refractivity contribution in [3.8, 4) is 12.0 Å². The van der Waals surface area contributed by atoms with Crippen LogP contribution < -0.4 is 15.0 Å². The summed E-state index contributed by atoms with van der Waals surface area (Å²) in [4.78, 5) is 18.8. The van der Waals surface area contributed by atoms with Gasteiger partial charge in [0, 0.05) is 27.2 Å². The highest BCUT2D eigenvalue weighted by Crippen LogP contribution is 2.18. The van der Waals surface area contributed by atoms with Gasteiger partial charge in [0.2, 0.25) is 11.9 Å². The number of nitrogens with zero attached hydrogens (tertiary/aromatic N) is 7. The predicted octanol–water partition coefficient (Wildman–Crippen LogP) is -0.329. The van der Waals surface area contributed by atoms with Crippen LogP contribution in [0.5, 0.6) is 12.0 Å². The Hall–Kier alpha value is -2.49. The van der Waals surface area contributed by atoms with Crippen LogP contribution in [0.3, 0.4) is 0 Å². The Labute approximate surface area is 121 Å². The fourth-order valence-electron chi connectivity index (χ4n) is 1.86. The van der Waals surface area contributed by atoms with E-state index in [1.165, 1.54) is 0 Å². The number of hydrogen-bond donors (Lipinski definition) is 1. The second-order valence-electron chi connectivity index (χ2n) is 4.39. The summed E-state index contributed by atoms with van der Waals surface area (Å²) in [6, 6.07) is 0.348. The minimum absolute atomic E-state index is 0.155. The zero-order valence-electron chi connectivity index (χ0n) is 11.9. The maximum absolute atomic E-state index is 5.47. The molecule has 10 heteroatoms. The summed E-state index contributed by atoms with van der Waals surface area (Å²) >= 11 is 0. The fourth-order valence-corrected chi connectivity index (χ4v) is 1.86. The van der Waals surface area contributed by atoms with Crippen molar-refractivity contribution in [2.75, 3.05) is 43.6 Å². The van der Waals surface area contributed by atoms with Gasteiger partial charge in [0.1, 0.15) is 6.33 Å². The molecule has 2 aromatic rings. The molecule has 112 valence electrons. The molecule has 0 saturated carbocycles. The molecule has 0 atom stereocenters. The molecule has 2 aromatic heterocycles. The highest BCUT2D eigenvalue weighted by atomic mass is 16.5. The Morgan fingerprint density at radius 2 is 2.00 bits per heavy atom. The summed E-state index contributed by atoms with van der Waals surface area (Å²) < 4.78 is 12.3. The molecular formula is C11H16N8O2. The minimum atomic E-state index is 0.155. The molecule has 1 saturated heterocycles. The van der Waals surface area contributed by atoms with E-state index in [1.807, 2.05) is 4.90 Å². The monoisotopic (exact) mass is 292 g/mol. The molecular weight excluding hydrogens is 276 g/mol. The van der Waals surface area contributed by atoms with Gasteiger partial charge >= 0.3 is 12.0 Å². The predicted molar refractivity (Wildman–Crippen MR) is 73.5 cm³/mol. The van der Waals surface area contributed by atoms with Crippen LogP contribution in [0.1, 0.15) is 0 Å². The number of ether oxygens (including phenoxy) is 2. The van der Waals surface area contributed by atoms with E-state index >= 15 is 0 Å². The van der Waals surface area contributed by atoms with E-state index < -0.39 is 0 Å². The number of aromatic nitrogens is 6. The van der Waals surface area contributed by atoms with E-state index in [0.717, 1.165) is 13.1 Å². The molecule has 10 nitrogen and oxygen atoms in total. The van der Waals surface area contributed by atoms with Crippen molar-refractivity contribution in [3.63, 3.8) is 0 Å². The highest BCUT2D eigenvalue weighted by molar-refractivity contribution is 5.38. The van der Waals surface area contributed by atoms with Gasteiger partial charge < -0.3 is 19.7 Å². The third-order valence-electron chi connectivity index (χ3n) is 2.88. The van der Waals surface area contributed by atoms with E-state index in [2.05, 4.69) is 30.4 Å². The molecule has 0 aromatic carbocycles. The summed E-state index contributed by atoms with van der Waals surface area (Å²) in [6.45, 7) is 2.76. The Kier molecular flexibility index (Phi) is 3.77. The second kappa shape index (κ2) is 5.87. The summed E-state index contributed by atoms with van der Waals surface area (Å²) in [5, 5.41) is 6.92. The van der Waals surface area contributed by atoms with Gasteiger partial charge in [-0.1, -0.05) is 0 Å². The van der Waals surface area contributed by atoms with Crippen molar-refractivity contribution in [1.82, 2.24) is 29.7 Å². The van der Waals surface area contributed by atoms with Gasteiger partial charge in [-0.25, -0.2) is 0 Å². The van der Waals surface area contributed by atoms with Gasteiger partial charge in [-0.2, -0.15) is 19.9 Å². The van der Waals surface area contributed by atoms with Gasteiger partial charge in [0.15, 0.2) is 0 Å². The van der Waals surface area contributed by atoms with Gasteiger partial charge in [-0.3, -0.25) is 4.68 Å². The Balaban J connectivity index is 1.85. The summed E-state index contributed by atoms with van der Waals surface area (Å²) in [5.41, 5.74) is 0. The lowest BCUT2D eigenvalue weighted by Crippen LogP contribution is -2.37. The molecule has 3 rings (SSSR count). The normalized spacial score (nSPS) is 15.0. The van der Waals surface area contributed by atoms with Crippen LogP contribution in [0.2, 0.25) is 0 Å². The van der Waals surface area contributed by atoms with Crippen LogP contribution in [0.15, 0.2) is 6.33 Å². The minimum Gasteiger partial charge on any atom is -0.387 e. The largest absolute Gasteiger partial charge is 0.387 e. The smallest absolute Gasteiger partial charge is 0.343 e. The average Bonchev–Trinajstić information content (AvgIpc) is 2.93. The average molecular weight is 292 g/mol. The van der Waals surface area contributed by atoms with Crippen LogP contribution in [0.4, 0.5) is 11.9 Å². The number of hydrogen-bond acceptors (Lipinski definition) is 9. The molecule has 21 heavy (non-hydrogen) atoms. The fraction of sp³-hybridized carbons (Fsp3) is 0.545. The molecule has 0 radical (unpaired) electrons. The van der Waals surface area contributed by atoms with Gasteiger partial charge in [-0.15, -0.1) is 5.10 Å². The zero-order chi connectivity index (χ0) is 14.7. The molecule has 1 aliphatic rings. The third kappa shape index (κ3) is 3.16. The SMILES string of the molecule is CNc1nc(Oc2ncn(C)n2)nc(N2CCOCC2)n1. The molecule has 0 bridgehead atoms. The van der Waals surface area contributed by atoms with Crippen molar-refractivity contribution < 1.29 is 9.47 Å². The van der Waals surface area contributed by atoms with Crippen molar-refractivity contribution >= 4 is 11.9 Å². The molecule has 0 amide bonds. The Morgan fingerprint density at radius 1 is 1.19 bits per heavy atom. The van der Waals surface area contributed by atoms with Crippen molar-refractivity contribution in [2.45, 2.75) is 0 Å². The quantitative estimate of drug-likeness (QED) is 0.811. The molecule has 3 heterocycles. The first-order valence-electron chi connectivity index (χ1n) is 6.54. The van der Waals surface area contributed by atoms with Crippen LogP contribution in [-0.4, -0.2) is 63.1 Å². The number of aryl methyl sites for hydroxylation is 1. The van der Waals surface area contributed by atoms with E-state index in [-0.39, 0.29) is 12.0 Å². The summed E-state index contributed by atoms with van der Waals surface area (Å²) in [6.07, 6.45) is 1.54. The maximum Gasteiger partial charge on any atom is 0.343 e. The lowest BCUT2D eigenvalue weighted by molar-refractivity contribution is 0.122.